The van der Waals surface area contributed by atoms with Crippen LogP contribution in [0.4, 0.5) is 0 Å². The first-order valence-electron chi connectivity index (χ1n) is 46.0. The highest BCUT2D eigenvalue weighted by Crippen LogP contribution is 2.53. The molecule has 10 aromatic heterocycles. The van der Waals surface area contributed by atoms with Gasteiger partial charge in [0.05, 0.1) is 38.8 Å². The molecule has 21 aromatic carbocycles. The van der Waals surface area contributed by atoms with Crippen molar-refractivity contribution in [3.05, 3.63) is 443 Å². The number of aromatic nitrogens is 3. The lowest BCUT2D eigenvalue weighted by Gasteiger charge is -2.10. The summed E-state index contributed by atoms with van der Waals surface area (Å²) in [5, 5.41) is 26.2. The fourth-order valence-electron chi connectivity index (χ4n) is 21.9. The largest absolute Gasteiger partial charge is 0.454 e. The molecule has 0 saturated heterocycles. The van der Waals surface area contributed by atoms with Crippen molar-refractivity contribution in [3.63, 3.8) is 0 Å². The van der Waals surface area contributed by atoms with E-state index >= 15 is 0 Å². The van der Waals surface area contributed by atoms with E-state index in [1.54, 1.807) is 0 Å². The van der Waals surface area contributed by atoms with E-state index in [4.69, 9.17) is 4.42 Å². The zero-order chi connectivity index (χ0) is 88.9. The first-order chi connectivity index (χ1) is 67.4. The monoisotopic (exact) mass is 1840 g/mol. The minimum absolute atomic E-state index is 0.914. The topological polar surface area (TPSA) is 27.9 Å². The highest BCUT2D eigenvalue weighted by Gasteiger charge is 2.25. The van der Waals surface area contributed by atoms with Gasteiger partial charge in [0.1, 0.15) is 5.58 Å². The van der Waals surface area contributed by atoms with Crippen LogP contribution in [0.15, 0.2) is 447 Å². The summed E-state index contributed by atoms with van der Waals surface area (Å²) in [6.07, 6.45) is 0. The molecule has 4 nitrogen and oxygen atoms in total. The summed E-state index contributed by atoms with van der Waals surface area (Å²) < 4.78 is 30.0. The molecule has 0 atom stereocenters. The summed E-state index contributed by atoms with van der Waals surface area (Å²) in [7, 11) is 0. The summed E-state index contributed by atoms with van der Waals surface area (Å²) in [6.45, 7) is 0. The van der Waals surface area contributed by atoms with Crippen LogP contribution in [0.1, 0.15) is 0 Å². The molecule has 0 aliphatic carbocycles. The summed E-state index contributed by atoms with van der Waals surface area (Å²) in [6, 6.07) is 162. The lowest BCUT2D eigenvalue weighted by atomic mass is 9.97. The quantitative estimate of drug-likeness (QED) is 0.149. The lowest BCUT2D eigenvalue weighted by molar-refractivity contribution is 0.666. The number of hydrogen-bond acceptors (Lipinski definition) is 7. The molecule has 0 bridgehead atoms. The minimum Gasteiger partial charge on any atom is -0.454 e. The molecule has 634 valence electrons. The molecule has 0 saturated carbocycles. The van der Waals surface area contributed by atoms with Crippen molar-refractivity contribution in [2.24, 2.45) is 0 Å². The highest BCUT2D eigenvalue weighted by atomic mass is 32.1. The van der Waals surface area contributed by atoms with Gasteiger partial charge in [-0.05, 0) is 183 Å². The Labute approximate surface area is 803 Å². The van der Waals surface area contributed by atoms with Gasteiger partial charge in [-0.25, -0.2) is 0 Å². The Hall–Kier alpha value is -15.9. The molecule has 0 aliphatic rings. The van der Waals surface area contributed by atoms with Crippen LogP contribution in [0.25, 0.3) is 281 Å². The number of furan rings is 1. The number of para-hydroxylation sites is 7. The molecule has 31 aromatic rings. The summed E-state index contributed by atoms with van der Waals surface area (Å²) in [5.41, 5.74) is 25.1. The second-order valence-electron chi connectivity index (χ2n) is 35.4. The molecule has 31 rings (SSSR count). The maximum atomic E-state index is 6.51. The molecule has 10 heterocycles. The number of hydrogen-bond donors (Lipinski definition) is 0. The summed E-state index contributed by atoms with van der Waals surface area (Å²) in [5.74, 6) is 0. The van der Waals surface area contributed by atoms with Gasteiger partial charge in [0.15, 0.2) is 5.58 Å². The second kappa shape index (κ2) is 30.9. The van der Waals surface area contributed by atoms with Gasteiger partial charge in [-0.3, -0.25) is 0 Å². The van der Waals surface area contributed by atoms with Crippen LogP contribution in [0, 0.1) is 0 Å². The van der Waals surface area contributed by atoms with Gasteiger partial charge in [-0.1, -0.05) is 315 Å². The van der Waals surface area contributed by atoms with E-state index in [2.05, 4.69) is 450 Å². The van der Waals surface area contributed by atoms with Crippen LogP contribution in [-0.2, 0) is 0 Å². The molecular weight excluding hydrogens is 1760 g/mol. The normalized spacial score (nSPS) is 12.1. The molecule has 136 heavy (non-hydrogen) atoms. The number of benzene rings is 21. The van der Waals surface area contributed by atoms with Crippen molar-refractivity contribution < 1.29 is 4.42 Å². The van der Waals surface area contributed by atoms with Crippen LogP contribution in [0.3, 0.4) is 0 Å². The van der Waals surface area contributed by atoms with Crippen molar-refractivity contribution >= 4 is 276 Å². The van der Waals surface area contributed by atoms with Gasteiger partial charge in [-0.2, -0.15) is 0 Å². The fraction of sp³-hybridized carbons (Fsp3) is 0. The number of thiophene rings is 6. The van der Waals surface area contributed by atoms with Gasteiger partial charge in [0, 0.05) is 175 Å². The van der Waals surface area contributed by atoms with E-state index in [9.17, 15) is 0 Å². The van der Waals surface area contributed by atoms with Crippen LogP contribution < -0.4 is 0 Å². The first kappa shape index (κ1) is 77.7. The average Bonchev–Trinajstić information content (AvgIpc) is 1.56. The molecule has 0 spiro atoms. The number of rotatable bonds is 8. The Morgan fingerprint density at radius 3 is 0.993 bits per heavy atom. The van der Waals surface area contributed by atoms with Crippen LogP contribution in [0.2, 0.25) is 0 Å². The third-order valence-corrected chi connectivity index (χ3v) is 35.3. The van der Waals surface area contributed by atoms with Crippen molar-refractivity contribution in [3.8, 4) is 72.7 Å². The van der Waals surface area contributed by atoms with Crippen LogP contribution in [0.5, 0.6) is 0 Å². The Morgan fingerprint density at radius 2 is 0.485 bits per heavy atom. The number of nitrogens with zero attached hydrogens (tertiary/aromatic N) is 3. The lowest BCUT2D eigenvalue weighted by Crippen LogP contribution is -1.94. The van der Waals surface area contributed by atoms with Gasteiger partial charge in [0.2, 0.25) is 0 Å². The van der Waals surface area contributed by atoms with E-state index in [1.165, 1.54) is 253 Å². The molecule has 0 N–H and O–H groups in total. The molecule has 0 amide bonds. The minimum atomic E-state index is 0.914. The zero-order valence-electron chi connectivity index (χ0n) is 72.8. The molecule has 0 aliphatic heterocycles. The Morgan fingerprint density at radius 1 is 0.162 bits per heavy atom. The predicted molar refractivity (Wildman–Crippen MR) is 594 cm³/mol. The smallest absolute Gasteiger partial charge is 0.159 e. The summed E-state index contributed by atoms with van der Waals surface area (Å²) >= 11 is 11.5. The van der Waals surface area contributed by atoms with Gasteiger partial charge < -0.3 is 18.1 Å². The average molecular weight is 1840 g/mol. The third-order valence-electron chi connectivity index (χ3n) is 28.1. The Kier molecular flexibility index (Phi) is 17.6. The maximum Gasteiger partial charge on any atom is 0.159 e. The molecule has 0 fully saturated rings. The van der Waals surface area contributed by atoms with E-state index < -0.39 is 0 Å². The van der Waals surface area contributed by atoms with Crippen LogP contribution in [-0.4, -0.2) is 13.7 Å². The summed E-state index contributed by atoms with van der Waals surface area (Å²) in [4.78, 5) is 0. The molecule has 0 radical (unpaired) electrons. The Balaban J connectivity index is 0.0000000989. The predicted octanol–water partition coefficient (Wildman–Crippen LogP) is 38.8. The van der Waals surface area contributed by atoms with Crippen LogP contribution >= 0.6 is 68.0 Å². The zero-order valence-corrected chi connectivity index (χ0v) is 77.7. The van der Waals surface area contributed by atoms with Crippen molar-refractivity contribution in [1.82, 2.24) is 13.7 Å². The van der Waals surface area contributed by atoms with Gasteiger partial charge in [-0.15, -0.1) is 68.0 Å². The first-order valence-corrected chi connectivity index (χ1v) is 50.9. The number of fused-ring (bicyclic) bond motifs is 33. The molecular formula is C126H73N3OS6. The van der Waals surface area contributed by atoms with E-state index in [1.807, 2.05) is 74.1 Å². The SMILES string of the molecule is c1cc(-c2ccc(-n3c4ccccc4c4ccccc43)cc2)cc(-c2cccc3c2sc2c3ccc3sc4ccccc4c32)c1.c1ccc(-n2c3ccccc3c3cc(-c4ccc(-c5cccc6c5sc5c6ccc6sc7ccccc7c65)cc4)ccc32)cc1.c1ccc2c(c1)oc1c(-n3c4ccccc4c4cc(-c5cccc6c5sc5c6ccc6sc7ccccc7c65)ccc43)cccc12. The molecule has 0 unspecified atom stereocenters. The fourth-order valence-corrected chi connectivity index (χ4v) is 29.6. The van der Waals surface area contributed by atoms with E-state index in [-0.39, 0.29) is 0 Å². The Bertz CT molecular complexity index is 10400. The van der Waals surface area contributed by atoms with E-state index in [0.29, 0.717) is 0 Å². The van der Waals surface area contributed by atoms with E-state index in [0.717, 1.165) is 27.6 Å². The highest BCUT2D eigenvalue weighted by molar-refractivity contribution is 7.31. The standard InChI is InChI=1S/C42H23NOS2.2C42H25NS2/c1-4-15-33-26(9-1)32-23-24(19-21-34(32)43(33)35-16-8-13-28-27-10-2-5-17-36(27)44-40(28)35)25-12-7-14-29-30-20-22-38-39(42(30)46-41(25)29)31-11-3-6-18-37(31)45-38;1-4-16-36-31(11-1)32-12-2-5-17-37(32)43(36)29-21-19-26(20-22-29)27-9-7-10-28(25-27)30-14-8-15-33-34-23-24-39-40(42(34)45-41(30)33)35-13-3-6-18-38(35)44-39;1-2-9-29(10-3-1)43-36-15-6-4-11-31(36)35-25-28(21-23-37(35)43)26-17-19-27(20-18-26)30-13-8-14-32-33-22-24-39-40(42(33)45-41(30)32)34-12-5-7-16-38(34)44-39/h1-23H;2*1-25H. The van der Waals surface area contributed by atoms with Gasteiger partial charge >= 0.3 is 0 Å². The van der Waals surface area contributed by atoms with Crippen molar-refractivity contribution in [2.45, 2.75) is 0 Å². The maximum absolute atomic E-state index is 6.51. The van der Waals surface area contributed by atoms with Gasteiger partial charge in [0.25, 0.3) is 0 Å². The third kappa shape index (κ3) is 12.0. The van der Waals surface area contributed by atoms with Crippen molar-refractivity contribution in [1.29, 1.82) is 0 Å². The second-order valence-corrected chi connectivity index (χ2v) is 41.7. The van der Waals surface area contributed by atoms with Crippen molar-refractivity contribution in [2.75, 3.05) is 0 Å². The molecule has 10 heteroatoms.